The smallest absolute Gasteiger partial charge is 0.545 e. The van der Waals surface area contributed by atoms with Gasteiger partial charge in [-0.25, -0.2) is 0 Å². The molecule has 2 rings (SSSR count). The van der Waals surface area contributed by atoms with E-state index in [1.165, 1.54) is 6.07 Å². The summed E-state index contributed by atoms with van der Waals surface area (Å²) >= 11 is 0. The maximum absolute atomic E-state index is 10.8. The molecule has 4 heteroatoms. The van der Waals surface area contributed by atoms with E-state index in [0.29, 0.717) is 0 Å². The van der Waals surface area contributed by atoms with Crippen molar-refractivity contribution in [3.05, 3.63) is 54.1 Å². The van der Waals surface area contributed by atoms with Gasteiger partial charge < -0.3 is 14.6 Å². The Morgan fingerprint density at radius 2 is 1.72 bits per heavy atom. The second-order valence-corrected chi connectivity index (χ2v) is 3.60. The number of carboxylic acid groups (broad SMARTS) is 1. The van der Waals surface area contributed by atoms with Gasteiger partial charge in [-0.15, -0.1) is 0 Å². The molecule has 0 bridgehead atoms. The zero-order valence-electron chi connectivity index (χ0n) is 10.3. The first-order chi connectivity index (χ1) is 8.20. The van der Waals surface area contributed by atoms with Gasteiger partial charge in [-0.3, -0.25) is 0 Å². The van der Waals surface area contributed by atoms with E-state index in [-0.39, 0.29) is 56.9 Å². The summed E-state index contributed by atoms with van der Waals surface area (Å²) in [6.45, 7) is 0. The maximum atomic E-state index is 10.8. The molecule has 0 atom stereocenters. The first-order valence-electron chi connectivity index (χ1n) is 5.16. The van der Waals surface area contributed by atoms with Gasteiger partial charge in [0.1, 0.15) is 5.75 Å². The number of benzene rings is 2. The molecule has 0 unspecified atom stereocenters. The zero-order valence-corrected chi connectivity index (χ0v) is 13.5. The molecule has 18 heavy (non-hydrogen) atoms. The van der Waals surface area contributed by atoms with E-state index in [1.807, 2.05) is 30.3 Å². The molecule has 0 aliphatic heterocycles. The molecule has 0 aromatic heterocycles. The minimum Gasteiger partial charge on any atom is -0.545 e. The number of rotatable bonds is 3. The SMILES string of the molecule is COc1ccc(-c2cccc(C(=O)[O-])c2)cc1.[K+]. The Kier molecular flexibility index (Phi) is 6.04. The zero-order chi connectivity index (χ0) is 12.3. The van der Waals surface area contributed by atoms with Crippen molar-refractivity contribution in [2.75, 3.05) is 7.11 Å². The number of carbonyl (C=O) groups is 1. The summed E-state index contributed by atoms with van der Waals surface area (Å²) in [5.74, 6) is -0.398. The number of hydrogen-bond acceptors (Lipinski definition) is 3. The molecule has 0 aliphatic carbocycles. The predicted octanol–water partition coefficient (Wildman–Crippen LogP) is -1.27. The van der Waals surface area contributed by atoms with Gasteiger partial charge in [-0.05, 0) is 34.9 Å². The van der Waals surface area contributed by atoms with Gasteiger partial charge in [-0.2, -0.15) is 0 Å². The summed E-state index contributed by atoms with van der Waals surface area (Å²) in [5, 5.41) is 10.8. The summed E-state index contributed by atoms with van der Waals surface area (Å²) in [5.41, 5.74) is 1.96. The first kappa shape index (κ1) is 15.4. The summed E-state index contributed by atoms with van der Waals surface area (Å²) in [6, 6.07) is 14.1. The minimum absolute atomic E-state index is 0. The monoisotopic (exact) mass is 266 g/mol. The van der Waals surface area contributed by atoms with Crippen LogP contribution in [0.3, 0.4) is 0 Å². The van der Waals surface area contributed by atoms with Gasteiger partial charge >= 0.3 is 51.4 Å². The van der Waals surface area contributed by atoms with Crippen LogP contribution in [0.4, 0.5) is 0 Å². The molecule has 0 heterocycles. The first-order valence-corrected chi connectivity index (χ1v) is 5.16. The number of hydrogen-bond donors (Lipinski definition) is 0. The molecule has 86 valence electrons. The Labute approximate surface area is 148 Å². The van der Waals surface area contributed by atoms with Gasteiger partial charge in [0.25, 0.3) is 0 Å². The fourth-order valence-corrected chi connectivity index (χ4v) is 1.61. The van der Waals surface area contributed by atoms with Crippen molar-refractivity contribution in [1.29, 1.82) is 0 Å². The molecule has 2 aromatic rings. The molecule has 0 saturated heterocycles. The van der Waals surface area contributed by atoms with Gasteiger partial charge in [0, 0.05) is 0 Å². The van der Waals surface area contributed by atoms with Gasteiger partial charge in [0.2, 0.25) is 0 Å². The largest absolute Gasteiger partial charge is 1.00 e. The van der Waals surface area contributed by atoms with E-state index >= 15 is 0 Å². The number of methoxy groups -OCH3 is 1. The number of carbonyl (C=O) groups excluding carboxylic acids is 1. The van der Waals surface area contributed by atoms with Crippen LogP contribution in [0, 0.1) is 0 Å². The van der Waals surface area contributed by atoms with Crippen molar-refractivity contribution >= 4 is 5.97 Å². The average Bonchev–Trinajstić information content (AvgIpc) is 2.39. The molecule has 0 saturated carbocycles. The fraction of sp³-hybridized carbons (Fsp3) is 0.0714. The van der Waals surface area contributed by atoms with Crippen LogP contribution < -0.4 is 61.2 Å². The average molecular weight is 266 g/mol. The molecular weight excluding hydrogens is 255 g/mol. The van der Waals surface area contributed by atoms with Crippen molar-refractivity contribution in [2.45, 2.75) is 0 Å². The predicted molar refractivity (Wildman–Crippen MR) is 62.8 cm³/mol. The van der Waals surface area contributed by atoms with Crippen LogP contribution in [-0.2, 0) is 0 Å². The van der Waals surface area contributed by atoms with Crippen LogP contribution in [0.2, 0.25) is 0 Å². The van der Waals surface area contributed by atoms with Gasteiger partial charge in [0.05, 0.1) is 13.1 Å². The van der Waals surface area contributed by atoms with Crippen LogP contribution in [0.5, 0.6) is 5.75 Å². The third-order valence-corrected chi connectivity index (χ3v) is 2.52. The molecule has 0 amide bonds. The van der Waals surface area contributed by atoms with E-state index in [1.54, 1.807) is 19.2 Å². The molecule has 0 radical (unpaired) electrons. The molecule has 0 aliphatic rings. The van der Waals surface area contributed by atoms with E-state index in [0.717, 1.165) is 16.9 Å². The fourth-order valence-electron chi connectivity index (χ4n) is 1.61. The van der Waals surface area contributed by atoms with Crippen LogP contribution in [0.15, 0.2) is 48.5 Å². The minimum atomic E-state index is -1.17. The maximum Gasteiger partial charge on any atom is 1.00 e. The van der Waals surface area contributed by atoms with E-state index in [9.17, 15) is 9.90 Å². The van der Waals surface area contributed by atoms with Crippen molar-refractivity contribution in [3.8, 4) is 16.9 Å². The van der Waals surface area contributed by atoms with Crippen molar-refractivity contribution in [3.63, 3.8) is 0 Å². The molecule has 0 N–H and O–H groups in total. The summed E-state index contributed by atoms with van der Waals surface area (Å²) in [6.07, 6.45) is 0. The molecular formula is C14H11KO3. The molecule has 3 nitrogen and oxygen atoms in total. The second-order valence-electron chi connectivity index (χ2n) is 3.60. The molecule has 0 spiro atoms. The number of aromatic carboxylic acids is 1. The van der Waals surface area contributed by atoms with Crippen LogP contribution >= 0.6 is 0 Å². The molecule has 2 aromatic carbocycles. The van der Waals surface area contributed by atoms with Crippen molar-refractivity contribution < 1.29 is 66.0 Å². The Balaban J connectivity index is 0.00000162. The van der Waals surface area contributed by atoms with Crippen LogP contribution in [0.1, 0.15) is 10.4 Å². The quantitative estimate of drug-likeness (QED) is 0.651. The van der Waals surface area contributed by atoms with E-state index in [2.05, 4.69) is 0 Å². The number of ether oxygens (including phenoxy) is 1. The third-order valence-electron chi connectivity index (χ3n) is 2.52. The Morgan fingerprint density at radius 1 is 1.06 bits per heavy atom. The topological polar surface area (TPSA) is 49.4 Å². The summed E-state index contributed by atoms with van der Waals surface area (Å²) in [7, 11) is 1.60. The van der Waals surface area contributed by atoms with Crippen LogP contribution in [0.25, 0.3) is 11.1 Å². The van der Waals surface area contributed by atoms with Crippen LogP contribution in [-0.4, -0.2) is 13.1 Å². The number of carboxylic acids is 1. The van der Waals surface area contributed by atoms with Crippen molar-refractivity contribution in [2.24, 2.45) is 0 Å². The summed E-state index contributed by atoms with van der Waals surface area (Å²) in [4.78, 5) is 10.8. The second kappa shape index (κ2) is 7.06. The Hall–Kier alpha value is -0.654. The van der Waals surface area contributed by atoms with E-state index in [4.69, 9.17) is 4.74 Å². The standard InChI is InChI=1S/C14H12O3.K/c1-17-13-7-5-10(6-8-13)11-3-2-4-12(9-11)14(15)16;/h2-9H,1H3,(H,15,16);/q;+1/p-1. The third kappa shape index (κ3) is 3.67. The van der Waals surface area contributed by atoms with Crippen molar-refractivity contribution in [1.82, 2.24) is 0 Å². The van der Waals surface area contributed by atoms with E-state index < -0.39 is 5.97 Å². The summed E-state index contributed by atoms with van der Waals surface area (Å²) < 4.78 is 5.06. The van der Waals surface area contributed by atoms with Gasteiger partial charge in [-0.1, -0.05) is 30.3 Å². The Bertz CT molecular complexity index is 535. The molecule has 0 fully saturated rings. The van der Waals surface area contributed by atoms with Gasteiger partial charge in [0.15, 0.2) is 0 Å². The normalized spacial score (nSPS) is 9.39. The Morgan fingerprint density at radius 3 is 2.28 bits per heavy atom.